The van der Waals surface area contributed by atoms with Crippen LogP contribution < -0.4 is 10.6 Å². The highest BCUT2D eigenvalue weighted by atomic mass is 32.1. The quantitative estimate of drug-likeness (QED) is 0.0318. The van der Waals surface area contributed by atoms with Crippen LogP contribution in [0.5, 0.6) is 0 Å². The highest BCUT2D eigenvalue weighted by Gasteiger charge is 2.50. The number of halogens is 4. The van der Waals surface area contributed by atoms with Gasteiger partial charge in [-0.3, -0.25) is 14.5 Å². The molecule has 6 aliphatic carbocycles. The Balaban J connectivity index is 0.791. The van der Waals surface area contributed by atoms with Crippen molar-refractivity contribution in [2.24, 2.45) is 35.5 Å². The van der Waals surface area contributed by atoms with E-state index in [9.17, 15) is 33.4 Å². The SMILES string of the molecule is CN(COC(=O)C1C2CCC(CC2)C1Nc1nc(-c2c[nH]c3ncc(F)cc23)nc(-c2ccc(C(=O)O)s2)c1F)Cc1ccc(-c2nc(-c3c[nH]c4ncc(F)cc34)nc(NC3C4CCC(CC4)C3C(=O)O)c2F)s1. The van der Waals surface area contributed by atoms with E-state index in [1.165, 1.54) is 41.8 Å². The summed E-state index contributed by atoms with van der Waals surface area (Å²) in [5.41, 5.74) is 1.26. The number of carbonyl (C=O) groups is 3. The lowest BCUT2D eigenvalue weighted by Crippen LogP contribution is -2.52. The molecule has 386 valence electrons. The molecule has 0 radical (unpaired) electrons. The lowest BCUT2D eigenvalue weighted by Gasteiger charge is -2.47. The molecule has 17 nitrogen and oxygen atoms in total. The third-order valence-corrected chi connectivity index (χ3v) is 17.7. The number of aromatic nitrogens is 8. The van der Waals surface area contributed by atoms with Gasteiger partial charge in [-0.15, -0.1) is 22.7 Å². The van der Waals surface area contributed by atoms with Gasteiger partial charge in [0.15, 0.2) is 34.9 Å². The van der Waals surface area contributed by atoms with Crippen LogP contribution in [0.4, 0.5) is 29.2 Å². The molecule has 14 rings (SSSR count). The summed E-state index contributed by atoms with van der Waals surface area (Å²) in [4.78, 5) is 74.6. The monoisotopic (exact) mass is 1060 g/mol. The van der Waals surface area contributed by atoms with Gasteiger partial charge in [0.05, 0.1) is 34.0 Å². The predicted octanol–water partition coefficient (Wildman–Crippen LogP) is 10.2. The summed E-state index contributed by atoms with van der Waals surface area (Å²) in [6.45, 7) is 0.176. The standard InChI is InChI=1S/C52H47F4N11O6S2/c1-67(20-28-10-11-33(74-28)42-38(55)48(61-40-24-6-2-22(3-7-24)36(40)51(70)71)65-46(63-42)31-18-59-44-29(31)14-26(53)16-57-44)21-73-52(72)37-23-4-8-25(9-5-23)41(37)62-49-39(56)43(34-12-13-35(75-34)50(68)69)64-47(66-49)32-19-60-45-30(32)15-27(54)17-58-45/h10-19,22-25,36-37,40-41H,2-9,20-21H2,1H3,(H,57,59)(H,58,60)(H,68,69)(H,70,71)(H,61,63,65)(H,62,64,66). The molecule has 23 heteroatoms. The molecule has 4 bridgehead atoms. The molecule has 6 saturated carbocycles. The van der Waals surface area contributed by atoms with Crippen LogP contribution in [0.1, 0.15) is 65.9 Å². The van der Waals surface area contributed by atoms with Gasteiger partial charge in [-0.25, -0.2) is 52.3 Å². The predicted molar refractivity (Wildman–Crippen MR) is 270 cm³/mol. The average Bonchev–Trinajstić information content (AvgIpc) is 4.25. The van der Waals surface area contributed by atoms with Crippen molar-refractivity contribution in [2.75, 3.05) is 24.4 Å². The highest BCUT2D eigenvalue weighted by molar-refractivity contribution is 7.17. The highest BCUT2D eigenvalue weighted by Crippen LogP contribution is 2.49. The number of aromatic amines is 2. The van der Waals surface area contributed by atoms with Crippen LogP contribution >= 0.6 is 22.7 Å². The molecule has 6 N–H and O–H groups in total. The molecule has 8 heterocycles. The Morgan fingerprint density at radius 3 is 1.69 bits per heavy atom. The molecule has 0 saturated heterocycles. The number of fused-ring (bicyclic) bond motifs is 8. The van der Waals surface area contributed by atoms with Crippen LogP contribution in [0, 0.1) is 58.8 Å². The van der Waals surface area contributed by atoms with E-state index in [-0.39, 0.29) is 81.4 Å². The van der Waals surface area contributed by atoms with Gasteiger partial charge in [0.2, 0.25) is 0 Å². The van der Waals surface area contributed by atoms with Crippen LogP contribution in [0.15, 0.2) is 61.2 Å². The first kappa shape index (κ1) is 48.6. The van der Waals surface area contributed by atoms with E-state index < -0.39 is 65.1 Å². The lowest BCUT2D eigenvalue weighted by atomic mass is 9.61. The first-order valence-electron chi connectivity index (χ1n) is 24.7. The van der Waals surface area contributed by atoms with Crippen LogP contribution in [0.25, 0.3) is 66.0 Å². The molecule has 6 aliphatic rings. The molecule has 4 atom stereocenters. The first-order valence-corrected chi connectivity index (χ1v) is 26.3. The number of hydrogen-bond donors (Lipinski definition) is 6. The molecule has 0 spiro atoms. The number of pyridine rings is 2. The first-order chi connectivity index (χ1) is 36.2. The Kier molecular flexibility index (Phi) is 12.6. The van der Waals surface area contributed by atoms with Crippen molar-refractivity contribution in [3.8, 4) is 43.9 Å². The zero-order chi connectivity index (χ0) is 51.8. The van der Waals surface area contributed by atoms with Crippen molar-refractivity contribution in [1.82, 2.24) is 44.8 Å². The molecule has 8 aromatic rings. The van der Waals surface area contributed by atoms with Crippen molar-refractivity contribution in [1.29, 1.82) is 0 Å². The van der Waals surface area contributed by atoms with E-state index in [1.807, 2.05) is 6.07 Å². The summed E-state index contributed by atoms with van der Waals surface area (Å²) in [7, 11) is 1.77. The topological polar surface area (TPSA) is 237 Å². The van der Waals surface area contributed by atoms with Crippen molar-refractivity contribution in [3.05, 3.63) is 94.2 Å². The summed E-state index contributed by atoms with van der Waals surface area (Å²) in [5.74, 6) is -7.14. The molecule has 6 fully saturated rings. The van der Waals surface area contributed by atoms with Gasteiger partial charge in [0.1, 0.15) is 45.9 Å². The number of aliphatic carboxylic acids is 1. The summed E-state index contributed by atoms with van der Waals surface area (Å²) in [6.07, 6.45) is 11.6. The number of hydrogen-bond acceptors (Lipinski definition) is 15. The van der Waals surface area contributed by atoms with Gasteiger partial charge in [-0.2, -0.15) is 0 Å². The van der Waals surface area contributed by atoms with Crippen molar-refractivity contribution in [2.45, 2.75) is 70.0 Å². The molecule has 0 aromatic carbocycles. The Labute approximate surface area is 432 Å². The maximum atomic E-state index is 16.9. The van der Waals surface area contributed by atoms with E-state index in [0.29, 0.717) is 38.1 Å². The third kappa shape index (κ3) is 9.02. The number of nitrogens with one attached hydrogen (secondary N) is 4. The van der Waals surface area contributed by atoms with E-state index in [4.69, 9.17) is 4.74 Å². The number of H-pyrrole nitrogens is 2. The second-order valence-electron chi connectivity index (χ2n) is 20.0. The molecule has 4 unspecified atom stereocenters. The van der Waals surface area contributed by atoms with Gasteiger partial charge >= 0.3 is 17.9 Å². The van der Waals surface area contributed by atoms with E-state index in [0.717, 1.165) is 80.0 Å². The van der Waals surface area contributed by atoms with Gasteiger partial charge < -0.3 is 35.6 Å². The maximum Gasteiger partial charge on any atom is 0.345 e. The van der Waals surface area contributed by atoms with Crippen molar-refractivity contribution < 1.29 is 46.9 Å². The van der Waals surface area contributed by atoms with E-state index >= 15 is 8.78 Å². The van der Waals surface area contributed by atoms with Gasteiger partial charge in [0.25, 0.3) is 0 Å². The van der Waals surface area contributed by atoms with Crippen molar-refractivity contribution >= 4 is 74.3 Å². The molecule has 0 amide bonds. The average molecular weight is 1060 g/mol. The number of carbonyl (C=O) groups excluding carboxylic acids is 1. The van der Waals surface area contributed by atoms with E-state index in [2.05, 4.69) is 50.5 Å². The molecule has 0 aliphatic heterocycles. The fourth-order valence-electron chi connectivity index (χ4n) is 12.1. The normalized spacial score (nSPS) is 23.1. The zero-order valence-corrected chi connectivity index (χ0v) is 41.6. The number of esters is 1. The minimum Gasteiger partial charge on any atom is -0.481 e. The number of ether oxygens (including phenoxy) is 1. The van der Waals surface area contributed by atoms with E-state index in [1.54, 1.807) is 24.2 Å². The second kappa shape index (κ2) is 19.4. The molecular formula is C52H47F4N11O6S2. The van der Waals surface area contributed by atoms with Crippen molar-refractivity contribution in [3.63, 3.8) is 0 Å². The maximum absolute atomic E-state index is 16.9. The number of nitrogens with zero attached hydrogens (tertiary/aromatic N) is 7. The Morgan fingerprint density at radius 1 is 0.680 bits per heavy atom. The molecule has 75 heavy (non-hydrogen) atoms. The van der Waals surface area contributed by atoms with Gasteiger partial charge in [-0.05, 0) is 118 Å². The van der Waals surface area contributed by atoms with Gasteiger partial charge in [0, 0.05) is 57.8 Å². The van der Waals surface area contributed by atoms with Crippen LogP contribution in [0.3, 0.4) is 0 Å². The Hall–Kier alpha value is -7.37. The van der Waals surface area contributed by atoms with Crippen LogP contribution in [0.2, 0.25) is 0 Å². The van der Waals surface area contributed by atoms with Crippen LogP contribution in [-0.4, -0.2) is 98.8 Å². The Bertz CT molecular complexity index is 3550. The largest absolute Gasteiger partial charge is 0.481 e. The second-order valence-corrected chi connectivity index (χ2v) is 22.3. The summed E-state index contributed by atoms with van der Waals surface area (Å²) < 4.78 is 68.8. The molecular weight excluding hydrogens is 1010 g/mol. The number of carboxylic acids is 2. The fourth-order valence-corrected chi connectivity index (χ4v) is 14.0. The molecule has 8 aromatic heterocycles. The minimum atomic E-state index is -1.18. The summed E-state index contributed by atoms with van der Waals surface area (Å²) in [6, 6.07) is 7.78. The number of aromatic carboxylic acids is 1. The smallest absolute Gasteiger partial charge is 0.345 e. The zero-order valence-electron chi connectivity index (χ0n) is 39.9. The Morgan fingerprint density at radius 2 is 1.17 bits per heavy atom. The number of anilines is 2. The van der Waals surface area contributed by atoms with Gasteiger partial charge in [-0.1, -0.05) is 0 Å². The summed E-state index contributed by atoms with van der Waals surface area (Å²) in [5, 5.41) is 27.2. The van der Waals surface area contributed by atoms with Crippen LogP contribution in [-0.2, 0) is 20.9 Å². The number of thiophene rings is 2. The summed E-state index contributed by atoms with van der Waals surface area (Å²) >= 11 is 2.11. The number of carboxylic acid groups (broad SMARTS) is 2. The third-order valence-electron chi connectivity index (χ3n) is 15.6. The number of rotatable bonds is 15. The lowest BCUT2D eigenvalue weighted by molar-refractivity contribution is -0.159. The fraction of sp³-hybridized carbons (Fsp3) is 0.365. The minimum absolute atomic E-state index is 0.0116.